The Morgan fingerprint density at radius 1 is 1.47 bits per heavy atom. The van der Waals surface area contributed by atoms with Gasteiger partial charge in [-0.15, -0.1) is 10.2 Å². The van der Waals surface area contributed by atoms with Crippen molar-refractivity contribution in [2.75, 3.05) is 0 Å². The van der Waals surface area contributed by atoms with Crippen LogP contribution in [0.25, 0.3) is 0 Å². The van der Waals surface area contributed by atoms with E-state index in [1.807, 2.05) is 6.92 Å². The molecule has 1 heterocycles. The third-order valence-electron chi connectivity index (χ3n) is 2.25. The zero-order chi connectivity index (χ0) is 11.4. The Labute approximate surface area is 87.7 Å². The van der Waals surface area contributed by atoms with Crippen LogP contribution in [0.4, 0.5) is 0 Å². The van der Waals surface area contributed by atoms with E-state index in [1.165, 1.54) is 4.80 Å². The number of tetrazole rings is 1. The molecular weight excluding hydrogens is 196 g/mol. The molecule has 1 aromatic rings. The number of Topliss-reactive ketones (excluding diaryl/α,β-unsaturated/α-hetero) is 2. The van der Waals surface area contributed by atoms with Crippen molar-refractivity contribution < 1.29 is 9.59 Å². The standard InChI is InChI=1S/C9H14N4O2/c1-4-6(2)7(14)5-8(15)9-10-12-13(3)11-9/h6H,4-5H2,1-3H3. The van der Waals surface area contributed by atoms with Crippen molar-refractivity contribution in [2.45, 2.75) is 26.7 Å². The van der Waals surface area contributed by atoms with E-state index in [0.717, 1.165) is 6.42 Å². The van der Waals surface area contributed by atoms with Gasteiger partial charge in [-0.1, -0.05) is 13.8 Å². The number of ketones is 2. The molecule has 6 nitrogen and oxygen atoms in total. The van der Waals surface area contributed by atoms with Gasteiger partial charge < -0.3 is 0 Å². The summed E-state index contributed by atoms with van der Waals surface area (Å²) in [5.41, 5.74) is 0. The van der Waals surface area contributed by atoms with Gasteiger partial charge >= 0.3 is 0 Å². The Bertz CT molecular complexity index is 372. The first kappa shape index (κ1) is 11.5. The Kier molecular flexibility index (Phi) is 3.65. The smallest absolute Gasteiger partial charge is 0.240 e. The molecule has 1 aromatic heterocycles. The normalized spacial score (nSPS) is 12.5. The van der Waals surface area contributed by atoms with E-state index < -0.39 is 0 Å². The number of nitrogens with zero attached hydrogens (tertiary/aromatic N) is 4. The van der Waals surface area contributed by atoms with Crippen LogP contribution in [0.3, 0.4) is 0 Å². The molecule has 0 amide bonds. The molecule has 0 aliphatic carbocycles. The van der Waals surface area contributed by atoms with Gasteiger partial charge in [-0.25, -0.2) is 0 Å². The van der Waals surface area contributed by atoms with Crippen LogP contribution in [0, 0.1) is 5.92 Å². The molecule has 0 aromatic carbocycles. The second kappa shape index (κ2) is 4.77. The molecule has 0 N–H and O–H groups in total. The van der Waals surface area contributed by atoms with Gasteiger partial charge in [0.15, 0.2) is 0 Å². The third kappa shape index (κ3) is 2.93. The van der Waals surface area contributed by atoms with E-state index in [0.29, 0.717) is 0 Å². The molecule has 1 unspecified atom stereocenters. The number of aryl methyl sites for hydroxylation is 1. The average Bonchev–Trinajstić information content (AvgIpc) is 2.63. The van der Waals surface area contributed by atoms with E-state index >= 15 is 0 Å². The molecule has 0 fully saturated rings. The number of hydrogen-bond donors (Lipinski definition) is 0. The van der Waals surface area contributed by atoms with E-state index in [4.69, 9.17) is 0 Å². The molecule has 0 aliphatic rings. The molecule has 0 radical (unpaired) electrons. The maximum absolute atomic E-state index is 11.5. The first-order valence-electron chi connectivity index (χ1n) is 4.84. The summed E-state index contributed by atoms with van der Waals surface area (Å²) in [7, 11) is 1.57. The second-order valence-corrected chi connectivity index (χ2v) is 3.48. The van der Waals surface area contributed by atoms with Crippen LogP contribution in [-0.4, -0.2) is 31.8 Å². The van der Waals surface area contributed by atoms with E-state index in [9.17, 15) is 9.59 Å². The van der Waals surface area contributed by atoms with E-state index in [-0.39, 0.29) is 29.7 Å². The van der Waals surface area contributed by atoms with Crippen LogP contribution < -0.4 is 0 Å². The van der Waals surface area contributed by atoms with Crippen molar-refractivity contribution in [1.82, 2.24) is 20.2 Å². The summed E-state index contributed by atoms with van der Waals surface area (Å²) in [6.07, 6.45) is 0.598. The molecule has 0 saturated heterocycles. The zero-order valence-corrected chi connectivity index (χ0v) is 9.10. The lowest BCUT2D eigenvalue weighted by Gasteiger charge is -2.04. The number of carbonyl (C=O) groups excluding carboxylic acids is 2. The topological polar surface area (TPSA) is 77.7 Å². The highest BCUT2D eigenvalue weighted by molar-refractivity contribution is 6.06. The van der Waals surface area contributed by atoms with Crippen LogP contribution >= 0.6 is 0 Å². The quantitative estimate of drug-likeness (QED) is 0.519. The van der Waals surface area contributed by atoms with Gasteiger partial charge in [0.05, 0.1) is 13.5 Å². The minimum atomic E-state index is -0.367. The van der Waals surface area contributed by atoms with Crippen molar-refractivity contribution in [3.8, 4) is 0 Å². The van der Waals surface area contributed by atoms with E-state index in [2.05, 4.69) is 15.4 Å². The Morgan fingerprint density at radius 2 is 2.13 bits per heavy atom. The summed E-state index contributed by atoms with van der Waals surface area (Å²) in [6.45, 7) is 3.72. The van der Waals surface area contributed by atoms with Crippen molar-refractivity contribution in [2.24, 2.45) is 13.0 Å². The van der Waals surface area contributed by atoms with Gasteiger partial charge in [-0.3, -0.25) is 9.59 Å². The molecule has 15 heavy (non-hydrogen) atoms. The molecule has 1 atom stereocenters. The predicted octanol–water partition coefficient (Wildman–Crippen LogP) is 0.398. The molecule has 82 valence electrons. The molecule has 0 spiro atoms. The summed E-state index contributed by atoms with van der Waals surface area (Å²) in [4.78, 5) is 24.1. The van der Waals surface area contributed by atoms with Gasteiger partial charge in [0, 0.05) is 5.92 Å². The monoisotopic (exact) mass is 210 g/mol. The summed E-state index contributed by atoms with van der Waals surface area (Å²) < 4.78 is 0. The SMILES string of the molecule is CCC(C)C(=O)CC(=O)c1nnn(C)n1. The van der Waals surface area contributed by atoms with Gasteiger partial charge in [0.2, 0.25) is 11.6 Å². The third-order valence-corrected chi connectivity index (χ3v) is 2.25. The fraction of sp³-hybridized carbons (Fsp3) is 0.667. The predicted molar refractivity (Wildman–Crippen MR) is 52.2 cm³/mol. The largest absolute Gasteiger partial charge is 0.299 e. The maximum atomic E-state index is 11.5. The Hall–Kier alpha value is -1.59. The van der Waals surface area contributed by atoms with Crippen molar-refractivity contribution in [3.63, 3.8) is 0 Å². The van der Waals surface area contributed by atoms with Crippen LogP contribution in [0.5, 0.6) is 0 Å². The second-order valence-electron chi connectivity index (χ2n) is 3.48. The Morgan fingerprint density at radius 3 is 2.60 bits per heavy atom. The van der Waals surface area contributed by atoms with Crippen LogP contribution in [-0.2, 0) is 11.8 Å². The lowest BCUT2D eigenvalue weighted by molar-refractivity contribution is -0.121. The lowest BCUT2D eigenvalue weighted by atomic mass is 9.99. The fourth-order valence-corrected chi connectivity index (χ4v) is 1.03. The molecule has 6 heteroatoms. The highest BCUT2D eigenvalue weighted by Crippen LogP contribution is 2.07. The minimum Gasteiger partial charge on any atom is -0.299 e. The molecule has 1 rings (SSSR count). The summed E-state index contributed by atoms with van der Waals surface area (Å²) in [5.74, 6) is -0.525. The molecule has 0 saturated carbocycles. The number of rotatable bonds is 5. The zero-order valence-electron chi connectivity index (χ0n) is 9.10. The fourth-order valence-electron chi connectivity index (χ4n) is 1.03. The Balaban J connectivity index is 2.60. The highest BCUT2D eigenvalue weighted by Gasteiger charge is 2.19. The van der Waals surface area contributed by atoms with Gasteiger partial charge in [0.25, 0.3) is 0 Å². The number of hydrogen-bond acceptors (Lipinski definition) is 5. The summed E-state index contributed by atoms with van der Waals surface area (Å²) in [6, 6.07) is 0. The van der Waals surface area contributed by atoms with Crippen LogP contribution in [0.15, 0.2) is 0 Å². The molecule has 0 bridgehead atoms. The van der Waals surface area contributed by atoms with Crippen LogP contribution in [0.1, 0.15) is 37.3 Å². The first-order valence-corrected chi connectivity index (χ1v) is 4.84. The van der Waals surface area contributed by atoms with Gasteiger partial charge in [0.1, 0.15) is 5.78 Å². The summed E-state index contributed by atoms with van der Waals surface area (Å²) in [5, 5.41) is 10.8. The number of carbonyl (C=O) groups is 2. The van der Waals surface area contributed by atoms with Crippen LogP contribution in [0.2, 0.25) is 0 Å². The van der Waals surface area contributed by atoms with Crippen molar-refractivity contribution in [3.05, 3.63) is 5.82 Å². The molecule has 0 aliphatic heterocycles. The summed E-state index contributed by atoms with van der Waals surface area (Å²) >= 11 is 0. The minimum absolute atomic E-state index is 0.00848. The number of aromatic nitrogens is 4. The van der Waals surface area contributed by atoms with Crippen molar-refractivity contribution in [1.29, 1.82) is 0 Å². The van der Waals surface area contributed by atoms with Crippen molar-refractivity contribution >= 4 is 11.6 Å². The molecular formula is C9H14N4O2. The maximum Gasteiger partial charge on any atom is 0.240 e. The average molecular weight is 210 g/mol. The van der Waals surface area contributed by atoms with E-state index in [1.54, 1.807) is 14.0 Å². The van der Waals surface area contributed by atoms with Gasteiger partial charge in [-0.05, 0) is 11.6 Å². The first-order chi connectivity index (χ1) is 7.04. The highest BCUT2D eigenvalue weighted by atomic mass is 16.1. The van der Waals surface area contributed by atoms with Gasteiger partial charge in [-0.2, -0.15) is 4.80 Å². The lowest BCUT2D eigenvalue weighted by Crippen LogP contribution is -2.16.